The van der Waals surface area contributed by atoms with E-state index in [1.165, 1.54) is 11.8 Å². The van der Waals surface area contributed by atoms with Crippen LogP contribution in [0.2, 0.25) is 0 Å². The number of unbranched alkanes of at least 4 members (excludes halogenated alkanes) is 1. The largest absolute Gasteiger partial charge is 0.490 e. The van der Waals surface area contributed by atoms with Crippen molar-refractivity contribution in [3.8, 4) is 0 Å². The summed E-state index contributed by atoms with van der Waals surface area (Å²) < 4.78 is 31.7. The minimum absolute atomic E-state index is 0.0199. The highest BCUT2D eigenvalue weighted by atomic mass is 33.1. The molecule has 0 spiro atoms. The second-order valence-electron chi connectivity index (χ2n) is 32.2. The molecule has 0 saturated carbocycles. The molecule has 55 heteroatoms. The molecule has 748 valence electrons. The van der Waals surface area contributed by atoms with Crippen molar-refractivity contribution in [2.45, 2.75) is 227 Å². The number of hydrogen-bond donors (Lipinski definition) is 24. The van der Waals surface area contributed by atoms with E-state index in [4.69, 9.17) is 32.8 Å². The van der Waals surface area contributed by atoms with Crippen molar-refractivity contribution in [3.05, 3.63) is 35.9 Å². The number of carbonyl (C=O) groups excluding carboxylic acids is 19. The van der Waals surface area contributed by atoms with Gasteiger partial charge in [-0.3, -0.25) is 101 Å². The van der Waals surface area contributed by atoms with E-state index in [-0.39, 0.29) is 103 Å². The lowest BCUT2D eigenvalue weighted by Crippen LogP contribution is -2.61. The van der Waals surface area contributed by atoms with Crippen molar-refractivity contribution < 1.29 is 149 Å². The van der Waals surface area contributed by atoms with Gasteiger partial charge in [0.25, 0.3) is 0 Å². The Morgan fingerprint density at radius 2 is 1.10 bits per heavy atom. The number of likely N-dealkylation sites (tertiary alicyclic amines) is 1. The maximum absolute atomic E-state index is 15.3. The van der Waals surface area contributed by atoms with Crippen molar-refractivity contribution in [1.82, 2.24) is 89.1 Å². The second-order valence-corrected chi connectivity index (χ2v) is 35.7. The van der Waals surface area contributed by atoms with Crippen LogP contribution in [0.25, 0.3) is 0 Å². The van der Waals surface area contributed by atoms with E-state index in [9.17, 15) is 125 Å². The second kappa shape index (κ2) is 57.0. The zero-order valence-corrected chi connectivity index (χ0v) is 76.5. The predicted octanol–water partition coefficient (Wildman–Crippen LogP) is -9.52. The van der Waals surface area contributed by atoms with Crippen LogP contribution >= 0.6 is 33.3 Å². The summed E-state index contributed by atoms with van der Waals surface area (Å²) in [6, 6.07) is -18.4. The van der Waals surface area contributed by atoms with Crippen molar-refractivity contribution in [1.29, 1.82) is 0 Å². The first kappa shape index (κ1) is 115. The number of halogens is 3. The summed E-state index contributed by atoms with van der Waals surface area (Å²) in [5.74, 6) is -28.0. The zero-order chi connectivity index (χ0) is 101. The fourth-order valence-corrected chi connectivity index (χ4v) is 16.8. The lowest BCUT2D eigenvalue weighted by Gasteiger charge is -2.31. The van der Waals surface area contributed by atoms with Gasteiger partial charge in [0.05, 0.1) is 52.2 Å². The fourth-order valence-electron chi connectivity index (χ4n) is 14.0. The highest BCUT2D eigenvalue weighted by molar-refractivity contribution is 8.76. The number of fused-ring (bicyclic) bond motifs is 2. The summed E-state index contributed by atoms with van der Waals surface area (Å²) in [6.45, 7) is 1.53. The molecule has 4 aliphatic heterocycles. The van der Waals surface area contributed by atoms with E-state index < -0.39 is 303 Å². The molecule has 3 unspecified atom stereocenters. The summed E-state index contributed by atoms with van der Waals surface area (Å²) in [6.07, 6.45) is -6.28. The monoisotopic (exact) mass is 1960 g/mol. The van der Waals surface area contributed by atoms with Gasteiger partial charge in [-0.25, -0.2) is 4.79 Å². The highest BCUT2D eigenvalue weighted by Gasteiger charge is 2.45. The maximum atomic E-state index is 15.3. The van der Waals surface area contributed by atoms with E-state index >= 15 is 14.4 Å². The van der Waals surface area contributed by atoms with Crippen LogP contribution < -0.4 is 97.4 Å². The minimum atomic E-state index is -5.08. The number of hydrogen-bond acceptors (Lipinski definition) is 30. The number of aliphatic carboxylic acids is 3. The summed E-state index contributed by atoms with van der Waals surface area (Å²) in [5.41, 5.74) is 22.9. The number of rotatable bonds is 43. The maximum Gasteiger partial charge on any atom is 0.490 e. The molecule has 0 radical (unpaired) electrons. The molecule has 5 rings (SSSR count). The molecule has 4 fully saturated rings. The van der Waals surface area contributed by atoms with Crippen LogP contribution in [0.1, 0.15) is 123 Å². The van der Waals surface area contributed by atoms with E-state index in [0.717, 1.165) is 14.7 Å². The molecule has 4 heterocycles. The molecule has 0 aromatic heterocycles. The molecular weight excluding hydrogens is 1840 g/mol. The topological polar surface area (TPSA) is 779 Å². The quantitative estimate of drug-likeness (QED) is 0.0213. The molecule has 134 heavy (non-hydrogen) atoms. The lowest BCUT2D eigenvalue weighted by molar-refractivity contribution is -0.192. The Bertz CT molecular complexity index is 4330. The molecule has 19 amide bonds. The number of thioether (sulfide) groups is 1. The van der Waals surface area contributed by atoms with Gasteiger partial charge in [-0.2, -0.15) is 24.9 Å². The summed E-state index contributed by atoms with van der Waals surface area (Å²) in [7, 11) is 1.40. The predicted molar refractivity (Wildman–Crippen MR) is 469 cm³/mol. The Morgan fingerprint density at radius 1 is 0.575 bits per heavy atom. The summed E-state index contributed by atoms with van der Waals surface area (Å²) in [4.78, 5) is 303. The Hall–Kier alpha value is -11.8. The molecule has 28 N–H and O–H groups in total. The molecule has 4 aliphatic rings. The third kappa shape index (κ3) is 37.9. The molecular formula is C79H120F3N21O28S3. The number of aliphatic hydroxyl groups excluding tert-OH is 3. The van der Waals surface area contributed by atoms with Gasteiger partial charge >= 0.3 is 24.1 Å². The van der Waals surface area contributed by atoms with Gasteiger partial charge in [0, 0.05) is 37.6 Å². The SMILES string of the molecule is CSCC[C@H](NC(=O)[C@H](CC(C)C)NC(=O)CNC(=O)[C@@H](NC(=O)[C@H](Cc1ccccc1)NC(=O)C1CSSCC(NC(=O)[C@H](CCCCN)NC(=O)[C@H](CO)NC(=O)[C@H](CC(N)=O)NC(=O)[C@H](CO)NC(=O)[C@@H]2CCCN2C(=O)[C@@H](N)CO)C(=O)N2CCC[C@H]2C(=O)NC(CC(=O)O)C(=O)NCC(=O)N2CCC[C@H]2C(=O)N[C@@H](CC(=O)O)C(=O)N1)C(C)C)C(N)=O.O=C(O)C(F)(F)F. The van der Waals surface area contributed by atoms with Gasteiger partial charge in [0.2, 0.25) is 112 Å². The molecule has 0 bridgehead atoms. The highest BCUT2D eigenvalue weighted by Crippen LogP contribution is 2.28. The first-order chi connectivity index (χ1) is 63.1. The molecule has 4 saturated heterocycles. The van der Waals surface area contributed by atoms with Crippen molar-refractivity contribution >= 4 is 163 Å². The Kier molecular flexibility index (Phi) is 48.8. The van der Waals surface area contributed by atoms with E-state index in [1.807, 2.05) is 0 Å². The summed E-state index contributed by atoms with van der Waals surface area (Å²) >= 11 is 1.41. The number of carboxylic acids is 3. The van der Waals surface area contributed by atoms with Gasteiger partial charge in [0.15, 0.2) is 0 Å². The van der Waals surface area contributed by atoms with Crippen LogP contribution in [-0.2, 0) is 112 Å². The number of aliphatic hydroxyl groups is 3. The van der Waals surface area contributed by atoms with Gasteiger partial charge in [-0.05, 0) is 107 Å². The molecule has 0 aliphatic carbocycles. The smallest absolute Gasteiger partial charge is 0.481 e. The third-order valence-corrected chi connectivity index (χ3v) is 24.1. The third-order valence-electron chi connectivity index (χ3n) is 21.0. The number of nitrogens with zero attached hydrogens (tertiary/aromatic N) is 3. The van der Waals surface area contributed by atoms with Crippen molar-refractivity contribution in [3.63, 3.8) is 0 Å². The number of benzene rings is 1. The fraction of sp³-hybridized carbons (Fsp3) is 0.646. The van der Waals surface area contributed by atoms with Gasteiger partial charge in [-0.15, -0.1) is 0 Å². The molecule has 1 aromatic rings. The normalized spacial score (nSPS) is 20.7. The van der Waals surface area contributed by atoms with Crippen LogP contribution in [-0.4, -0.2) is 361 Å². The van der Waals surface area contributed by atoms with E-state index in [0.29, 0.717) is 39.3 Å². The van der Waals surface area contributed by atoms with Gasteiger partial charge in [0.1, 0.15) is 96.7 Å². The van der Waals surface area contributed by atoms with Gasteiger partial charge < -0.3 is 143 Å². The average molecular weight is 1970 g/mol. The van der Waals surface area contributed by atoms with Crippen LogP contribution in [0, 0.1) is 11.8 Å². The zero-order valence-electron chi connectivity index (χ0n) is 74.0. The average Bonchev–Trinajstić information content (AvgIpc) is 1.68. The Morgan fingerprint density at radius 3 is 1.64 bits per heavy atom. The van der Waals surface area contributed by atoms with Crippen LogP contribution in [0.3, 0.4) is 0 Å². The van der Waals surface area contributed by atoms with E-state index in [1.54, 1.807) is 64.3 Å². The standard InChI is InChI=1S/C77H119N21O26S3.C2HF3O2/c1-38(2)26-44(65(112)85-42(62(81)109)20-25-125-5)84-57(103)31-82-75(122)61(39(3)4)95-68(115)45(27-40-14-7-6-8-15-40)87-71(118)51-36-126-127-37-52(77(124)98-24-13-19-55(98)73(120)89-47(29-59(105)106)63(110)83-32-58(104)96-22-11-17-53(96)72(119)90-48(30-60(107)108)67(114)93-51)94-64(111)43(16-9-10-21-78)86-69(116)49(34-100)91-66(113)46(28-56(80)102)88-70(117)50(35-101)92-74(121)54-18-12-23-97(54)76(123)41(79)33-99;3-2(4,5)1(6)7/h6-8,14-15,38-39,41-55,61,99-101H,9-13,16-37,78-79H2,1-5H3,(H2,80,102)(H2,81,109)(H,82,122)(H,83,110)(H,84,103)(H,85,112)(H,86,116)(H,87,118)(H,88,117)(H,89,120)(H,90,119)(H,91,113)(H,92,121)(H,93,114)(H,94,111)(H,95,115)(H,105,106)(H,107,108);(H,6,7)/t41-,42-,43-,44-,45-,46-,47?,48-,49-,50-,51?,52?,53-,54-,55-,61-;/m0./s1. The minimum Gasteiger partial charge on any atom is -0.481 e. The number of nitrogens with one attached hydrogen (secondary N) is 14. The number of amides is 19. The number of primary amides is 2. The van der Waals surface area contributed by atoms with Crippen LogP contribution in [0.5, 0.6) is 0 Å². The van der Waals surface area contributed by atoms with Crippen molar-refractivity contribution in [2.75, 3.05) is 82.6 Å². The summed E-state index contributed by atoms with van der Waals surface area (Å²) in [5, 5.41) is 91.3. The first-order valence-corrected chi connectivity index (χ1v) is 46.5. The lowest BCUT2D eigenvalue weighted by atomic mass is 10.0. The van der Waals surface area contributed by atoms with Crippen molar-refractivity contribution in [2.24, 2.45) is 34.8 Å². The molecule has 1 aromatic carbocycles. The number of alkyl halides is 3. The molecule has 16 atom stereocenters. The first-order valence-electron chi connectivity index (χ1n) is 42.6. The van der Waals surface area contributed by atoms with Crippen LogP contribution in [0.4, 0.5) is 13.2 Å². The van der Waals surface area contributed by atoms with E-state index in [2.05, 4.69) is 74.4 Å². The van der Waals surface area contributed by atoms with Gasteiger partial charge in [-0.1, -0.05) is 79.6 Å². The number of carboxylic acid groups (broad SMARTS) is 3. The Balaban J connectivity index is 0.00000514. The molecule has 49 nitrogen and oxygen atoms in total. The number of carbonyl (C=O) groups is 22. The number of nitrogens with two attached hydrogens (primary N) is 4. The Labute approximate surface area is 778 Å². The van der Waals surface area contributed by atoms with Crippen LogP contribution in [0.15, 0.2) is 30.3 Å².